The van der Waals surface area contributed by atoms with Crippen LogP contribution in [-0.4, -0.2) is 25.0 Å². The molecule has 0 saturated carbocycles. The van der Waals surface area contributed by atoms with Gasteiger partial charge in [0.1, 0.15) is 0 Å². The molecule has 0 aromatic heterocycles. The summed E-state index contributed by atoms with van der Waals surface area (Å²) in [5.41, 5.74) is 0. The van der Waals surface area contributed by atoms with Crippen molar-refractivity contribution >= 4 is 5.91 Å². The molecule has 14 heavy (non-hydrogen) atoms. The van der Waals surface area contributed by atoms with Gasteiger partial charge in [-0.15, -0.1) is 0 Å². The second-order valence-corrected chi connectivity index (χ2v) is 3.62. The molecule has 78 valence electrons. The van der Waals surface area contributed by atoms with Crippen LogP contribution in [-0.2, 0) is 4.79 Å². The van der Waals surface area contributed by atoms with Crippen LogP contribution in [0.4, 0.5) is 0 Å². The van der Waals surface area contributed by atoms with E-state index in [0.29, 0.717) is 18.9 Å². The normalized spacial score (nSPS) is 20.5. The number of nitriles is 1. The maximum atomic E-state index is 10.9. The van der Waals surface area contributed by atoms with Crippen molar-refractivity contribution in [2.24, 2.45) is 0 Å². The summed E-state index contributed by atoms with van der Waals surface area (Å²) in [5, 5.41) is 14.5. The quantitative estimate of drug-likeness (QED) is 0.608. The van der Waals surface area contributed by atoms with E-state index in [9.17, 15) is 4.79 Å². The lowest BCUT2D eigenvalue weighted by atomic mass is 10.2. The van der Waals surface area contributed by atoms with E-state index in [-0.39, 0.29) is 5.91 Å². The van der Waals surface area contributed by atoms with Crippen LogP contribution in [0.1, 0.15) is 32.1 Å². The molecule has 0 spiro atoms. The van der Waals surface area contributed by atoms with Crippen LogP contribution >= 0.6 is 0 Å². The fraction of sp³-hybridized carbons (Fsp3) is 0.800. The first-order valence-corrected chi connectivity index (χ1v) is 5.20. The van der Waals surface area contributed by atoms with E-state index >= 15 is 0 Å². The van der Waals surface area contributed by atoms with Gasteiger partial charge < -0.3 is 10.6 Å². The highest BCUT2D eigenvalue weighted by Crippen LogP contribution is 2.04. The largest absolute Gasteiger partial charge is 0.352 e. The number of rotatable bonds is 6. The first-order valence-electron chi connectivity index (χ1n) is 5.20. The lowest BCUT2D eigenvalue weighted by Crippen LogP contribution is -2.35. The van der Waals surface area contributed by atoms with E-state index in [0.717, 1.165) is 32.4 Å². The first kappa shape index (κ1) is 11.0. The molecule has 0 bridgehead atoms. The predicted octanol–water partition coefficient (Wildman–Crippen LogP) is 0.548. The Kier molecular flexibility index (Phi) is 5.02. The molecule has 4 nitrogen and oxygen atoms in total. The Morgan fingerprint density at radius 1 is 1.57 bits per heavy atom. The summed E-state index contributed by atoms with van der Waals surface area (Å²) < 4.78 is 0. The van der Waals surface area contributed by atoms with E-state index < -0.39 is 0 Å². The highest BCUT2D eigenvalue weighted by atomic mass is 16.1. The fourth-order valence-corrected chi connectivity index (χ4v) is 1.56. The lowest BCUT2D eigenvalue weighted by molar-refractivity contribution is -0.119. The van der Waals surface area contributed by atoms with Crippen LogP contribution < -0.4 is 10.6 Å². The first-order chi connectivity index (χ1) is 6.83. The Labute approximate surface area is 84.7 Å². The third kappa shape index (κ3) is 4.24. The molecule has 1 amide bonds. The number of nitrogens with zero attached hydrogens (tertiary/aromatic N) is 1. The van der Waals surface area contributed by atoms with Crippen molar-refractivity contribution < 1.29 is 4.79 Å². The van der Waals surface area contributed by atoms with Gasteiger partial charge in [-0.3, -0.25) is 4.79 Å². The van der Waals surface area contributed by atoms with Crippen LogP contribution in [0.15, 0.2) is 0 Å². The van der Waals surface area contributed by atoms with Crippen molar-refractivity contribution in [1.82, 2.24) is 10.6 Å². The van der Waals surface area contributed by atoms with E-state index in [1.807, 2.05) is 0 Å². The molecule has 4 heteroatoms. The SMILES string of the molecule is N#CCCCCNCC1CCC(=O)N1. The van der Waals surface area contributed by atoms with E-state index in [1.165, 1.54) is 0 Å². The van der Waals surface area contributed by atoms with Crippen molar-refractivity contribution in [3.8, 4) is 6.07 Å². The Balaban J connectivity index is 1.89. The predicted molar refractivity (Wildman–Crippen MR) is 53.5 cm³/mol. The Bertz CT molecular complexity index is 222. The molecule has 1 atom stereocenters. The zero-order valence-corrected chi connectivity index (χ0v) is 8.38. The molecule has 0 aromatic carbocycles. The molecule has 1 rings (SSSR count). The molecule has 1 unspecified atom stereocenters. The van der Waals surface area contributed by atoms with Gasteiger partial charge in [0.25, 0.3) is 0 Å². The zero-order chi connectivity index (χ0) is 10.2. The molecule has 1 aliphatic rings. The average Bonchev–Trinajstić information content (AvgIpc) is 2.58. The van der Waals surface area contributed by atoms with E-state index in [2.05, 4.69) is 16.7 Å². The van der Waals surface area contributed by atoms with Crippen LogP contribution in [0.3, 0.4) is 0 Å². The van der Waals surface area contributed by atoms with Gasteiger partial charge in [-0.2, -0.15) is 5.26 Å². The van der Waals surface area contributed by atoms with E-state index in [4.69, 9.17) is 5.26 Å². The average molecular weight is 195 g/mol. The standard InChI is InChI=1S/C10H17N3O/c11-6-2-1-3-7-12-8-9-4-5-10(14)13-9/h9,12H,1-5,7-8H2,(H,13,14). The second kappa shape index (κ2) is 6.39. The van der Waals surface area contributed by atoms with Crippen LogP contribution in [0.25, 0.3) is 0 Å². The number of carbonyl (C=O) groups is 1. The minimum atomic E-state index is 0.168. The van der Waals surface area contributed by atoms with Gasteiger partial charge in [-0.05, 0) is 25.8 Å². The molecule has 0 aromatic rings. The van der Waals surface area contributed by atoms with E-state index in [1.54, 1.807) is 0 Å². The third-order valence-corrected chi connectivity index (χ3v) is 2.37. The van der Waals surface area contributed by atoms with Crippen molar-refractivity contribution in [3.05, 3.63) is 0 Å². The maximum Gasteiger partial charge on any atom is 0.220 e. The van der Waals surface area contributed by atoms with Crippen molar-refractivity contribution in [3.63, 3.8) is 0 Å². The zero-order valence-electron chi connectivity index (χ0n) is 8.38. The number of carbonyl (C=O) groups excluding carboxylic acids is 1. The highest BCUT2D eigenvalue weighted by Gasteiger charge is 2.19. The molecular weight excluding hydrogens is 178 g/mol. The van der Waals surface area contributed by atoms with Crippen molar-refractivity contribution in [2.75, 3.05) is 13.1 Å². The number of hydrogen-bond donors (Lipinski definition) is 2. The summed E-state index contributed by atoms with van der Waals surface area (Å²) in [6.45, 7) is 1.80. The Morgan fingerprint density at radius 3 is 3.07 bits per heavy atom. The Morgan fingerprint density at radius 2 is 2.43 bits per heavy atom. The molecule has 0 radical (unpaired) electrons. The molecule has 1 aliphatic heterocycles. The highest BCUT2D eigenvalue weighted by molar-refractivity contribution is 5.78. The smallest absolute Gasteiger partial charge is 0.220 e. The molecule has 0 aliphatic carbocycles. The summed E-state index contributed by atoms with van der Waals surface area (Å²) in [4.78, 5) is 10.9. The van der Waals surface area contributed by atoms with Gasteiger partial charge in [0.2, 0.25) is 5.91 Å². The fourth-order valence-electron chi connectivity index (χ4n) is 1.56. The van der Waals surface area contributed by atoms with Gasteiger partial charge in [0, 0.05) is 25.4 Å². The monoisotopic (exact) mass is 195 g/mol. The van der Waals surface area contributed by atoms with Gasteiger partial charge >= 0.3 is 0 Å². The minimum Gasteiger partial charge on any atom is -0.352 e. The topological polar surface area (TPSA) is 64.9 Å². The lowest BCUT2D eigenvalue weighted by Gasteiger charge is -2.10. The number of nitrogens with one attached hydrogen (secondary N) is 2. The third-order valence-electron chi connectivity index (χ3n) is 2.37. The van der Waals surface area contributed by atoms with Gasteiger partial charge in [-0.1, -0.05) is 0 Å². The Hall–Kier alpha value is -1.08. The molecule has 2 N–H and O–H groups in total. The van der Waals surface area contributed by atoms with Gasteiger partial charge in [0.05, 0.1) is 6.07 Å². The summed E-state index contributed by atoms with van der Waals surface area (Å²) in [6, 6.07) is 2.44. The summed E-state index contributed by atoms with van der Waals surface area (Å²) in [7, 11) is 0. The van der Waals surface area contributed by atoms with Crippen molar-refractivity contribution in [1.29, 1.82) is 5.26 Å². The summed E-state index contributed by atoms with van der Waals surface area (Å²) in [5.74, 6) is 0.168. The van der Waals surface area contributed by atoms with Crippen LogP contribution in [0, 0.1) is 11.3 Å². The van der Waals surface area contributed by atoms with Gasteiger partial charge in [0.15, 0.2) is 0 Å². The van der Waals surface area contributed by atoms with Crippen molar-refractivity contribution in [2.45, 2.75) is 38.1 Å². The number of amides is 1. The molecule has 1 saturated heterocycles. The second-order valence-electron chi connectivity index (χ2n) is 3.62. The maximum absolute atomic E-state index is 10.9. The number of unbranched alkanes of at least 4 members (excludes halogenated alkanes) is 2. The number of hydrogen-bond acceptors (Lipinski definition) is 3. The van der Waals surface area contributed by atoms with Crippen LogP contribution in [0.2, 0.25) is 0 Å². The molecule has 1 heterocycles. The summed E-state index contributed by atoms with van der Waals surface area (Å²) >= 11 is 0. The summed E-state index contributed by atoms with van der Waals surface area (Å²) in [6.07, 6.45) is 4.25. The van der Waals surface area contributed by atoms with Gasteiger partial charge in [-0.25, -0.2) is 0 Å². The minimum absolute atomic E-state index is 0.168. The van der Waals surface area contributed by atoms with Crippen LogP contribution in [0.5, 0.6) is 0 Å². The molecular formula is C10H17N3O. The molecule has 1 fully saturated rings.